The molecule has 0 radical (unpaired) electrons. The van der Waals surface area contributed by atoms with Crippen molar-refractivity contribution in [3.05, 3.63) is 76.5 Å². The first-order valence-electron chi connectivity index (χ1n) is 10.9. The highest BCUT2D eigenvalue weighted by atomic mass is 32.2. The van der Waals surface area contributed by atoms with Crippen molar-refractivity contribution in [1.82, 2.24) is 10.1 Å². The Morgan fingerprint density at radius 1 is 1.06 bits per heavy atom. The maximum atomic E-state index is 13.4. The van der Waals surface area contributed by atoms with Crippen molar-refractivity contribution in [3.63, 3.8) is 0 Å². The van der Waals surface area contributed by atoms with Crippen LogP contribution >= 0.6 is 0 Å². The third-order valence-corrected chi connectivity index (χ3v) is 7.97. The van der Waals surface area contributed by atoms with Gasteiger partial charge in [-0.2, -0.15) is 0 Å². The second-order valence-corrected chi connectivity index (χ2v) is 10.8. The van der Waals surface area contributed by atoms with Gasteiger partial charge in [0.1, 0.15) is 0 Å². The number of carbonyl (C=O) groups excluding carboxylic acids is 1. The predicted molar refractivity (Wildman–Crippen MR) is 124 cm³/mol. The summed E-state index contributed by atoms with van der Waals surface area (Å²) in [5.41, 5.74) is 5.51. The van der Waals surface area contributed by atoms with E-state index in [4.69, 9.17) is 4.52 Å². The predicted octanol–water partition coefficient (Wildman–Crippen LogP) is 4.35. The molecule has 168 valence electrons. The number of sulfone groups is 1. The smallest absolute Gasteiger partial charge is 0.276 e. The summed E-state index contributed by atoms with van der Waals surface area (Å²) in [6.07, 6.45) is 1.37. The number of rotatable bonds is 6. The molecule has 1 aromatic heterocycles. The zero-order chi connectivity index (χ0) is 22.9. The van der Waals surface area contributed by atoms with Crippen molar-refractivity contribution in [2.45, 2.75) is 46.2 Å². The van der Waals surface area contributed by atoms with E-state index in [0.717, 1.165) is 23.1 Å². The van der Waals surface area contributed by atoms with Crippen molar-refractivity contribution in [3.8, 4) is 11.3 Å². The van der Waals surface area contributed by atoms with Crippen molar-refractivity contribution < 1.29 is 17.7 Å². The third kappa shape index (κ3) is 4.78. The van der Waals surface area contributed by atoms with Gasteiger partial charge in [-0.05, 0) is 55.0 Å². The Morgan fingerprint density at radius 3 is 2.41 bits per heavy atom. The quantitative estimate of drug-likeness (QED) is 0.555. The fourth-order valence-corrected chi connectivity index (χ4v) is 5.75. The molecule has 4 rings (SSSR count). The lowest BCUT2D eigenvalue weighted by Gasteiger charge is -2.27. The molecule has 0 spiro atoms. The van der Waals surface area contributed by atoms with Crippen LogP contribution in [0.4, 0.5) is 0 Å². The van der Waals surface area contributed by atoms with Crippen LogP contribution in [0.2, 0.25) is 0 Å². The first-order chi connectivity index (χ1) is 15.3. The number of aromatic nitrogens is 1. The molecule has 1 fully saturated rings. The van der Waals surface area contributed by atoms with E-state index in [1.165, 1.54) is 11.1 Å². The van der Waals surface area contributed by atoms with Crippen LogP contribution in [0.1, 0.15) is 46.1 Å². The second kappa shape index (κ2) is 8.90. The lowest BCUT2D eigenvalue weighted by atomic mass is 10.0. The van der Waals surface area contributed by atoms with Crippen LogP contribution in [-0.4, -0.2) is 41.9 Å². The van der Waals surface area contributed by atoms with Crippen LogP contribution in [0.15, 0.2) is 53.1 Å². The molecule has 32 heavy (non-hydrogen) atoms. The van der Waals surface area contributed by atoms with E-state index in [1.807, 2.05) is 56.3 Å². The number of hydrogen-bond donors (Lipinski definition) is 0. The Bertz CT molecular complexity index is 1230. The van der Waals surface area contributed by atoms with E-state index in [0.29, 0.717) is 18.7 Å². The summed E-state index contributed by atoms with van der Waals surface area (Å²) in [7, 11) is -3.14. The van der Waals surface area contributed by atoms with Gasteiger partial charge in [0.25, 0.3) is 5.91 Å². The molecule has 1 aliphatic rings. The molecule has 2 aromatic carbocycles. The minimum absolute atomic E-state index is 0.0202. The van der Waals surface area contributed by atoms with Gasteiger partial charge >= 0.3 is 0 Å². The van der Waals surface area contributed by atoms with E-state index in [-0.39, 0.29) is 29.1 Å². The largest absolute Gasteiger partial charge is 0.355 e. The number of hydrogen-bond acceptors (Lipinski definition) is 5. The standard InChI is InChI=1S/C25H28N2O4S/c1-4-19-6-8-20(9-7-19)15-27(22-11-12-32(29,30)16-22)25(28)23-14-24(31-26-23)21-10-5-17(2)18(3)13-21/h5-10,13-14,22H,4,11-12,15-16H2,1-3H3. The van der Waals surface area contributed by atoms with E-state index < -0.39 is 9.84 Å². The molecule has 1 atom stereocenters. The van der Waals surface area contributed by atoms with Gasteiger partial charge in [-0.1, -0.05) is 48.5 Å². The molecule has 0 N–H and O–H groups in total. The summed E-state index contributed by atoms with van der Waals surface area (Å²) >= 11 is 0. The summed E-state index contributed by atoms with van der Waals surface area (Å²) in [6, 6.07) is 15.3. The lowest BCUT2D eigenvalue weighted by molar-refractivity contribution is 0.0670. The molecule has 0 bridgehead atoms. The van der Waals surface area contributed by atoms with E-state index in [2.05, 4.69) is 12.1 Å². The topological polar surface area (TPSA) is 80.5 Å². The summed E-state index contributed by atoms with van der Waals surface area (Å²) in [5.74, 6) is 0.282. The van der Waals surface area contributed by atoms with Gasteiger partial charge < -0.3 is 9.42 Å². The molecular weight excluding hydrogens is 424 g/mol. The fourth-order valence-electron chi connectivity index (χ4n) is 4.02. The lowest BCUT2D eigenvalue weighted by Crippen LogP contribution is -2.40. The highest BCUT2D eigenvalue weighted by Crippen LogP contribution is 2.26. The summed E-state index contributed by atoms with van der Waals surface area (Å²) < 4.78 is 29.7. The van der Waals surface area contributed by atoms with Crippen LogP contribution in [0.5, 0.6) is 0 Å². The van der Waals surface area contributed by atoms with E-state index in [9.17, 15) is 13.2 Å². The van der Waals surface area contributed by atoms with Crippen LogP contribution in [0.3, 0.4) is 0 Å². The molecule has 7 heteroatoms. The van der Waals surface area contributed by atoms with Gasteiger partial charge in [0.2, 0.25) is 0 Å². The molecule has 0 aliphatic carbocycles. The third-order valence-electron chi connectivity index (χ3n) is 6.21. The minimum Gasteiger partial charge on any atom is -0.355 e. The van der Waals surface area contributed by atoms with Crippen molar-refractivity contribution in [1.29, 1.82) is 0 Å². The molecule has 2 heterocycles. The molecule has 1 aliphatic heterocycles. The monoisotopic (exact) mass is 452 g/mol. The average molecular weight is 453 g/mol. The van der Waals surface area contributed by atoms with Crippen molar-refractivity contribution in [2.75, 3.05) is 11.5 Å². The number of aryl methyl sites for hydroxylation is 3. The summed E-state index contributed by atoms with van der Waals surface area (Å²) in [4.78, 5) is 15.1. The van der Waals surface area contributed by atoms with E-state index >= 15 is 0 Å². The van der Waals surface area contributed by atoms with Gasteiger partial charge in [0, 0.05) is 24.2 Å². The normalized spacial score (nSPS) is 17.4. The Balaban J connectivity index is 1.62. The molecule has 0 saturated carbocycles. The molecule has 1 amide bonds. The second-order valence-electron chi connectivity index (χ2n) is 8.54. The number of amides is 1. The van der Waals surface area contributed by atoms with Crippen LogP contribution < -0.4 is 0 Å². The Kier molecular flexibility index (Phi) is 6.20. The summed E-state index contributed by atoms with van der Waals surface area (Å²) in [6.45, 7) is 6.48. The highest BCUT2D eigenvalue weighted by molar-refractivity contribution is 7.91. The van der Waals surface area contributed by atoms with Gasteiger partial charge in [-0.15, -0.1) is 0 Å². The number of nitrogens with zero attached hydrogens (tertiary/aromatic N) is 2. The SMILES string of the molecule is CCc1ccc(CN(C(=O)c2cc(-c3ccc(C)c(C)c3)on2)C2CCS(=O)(=O)C2)cc1. The first-order valence-corrected chi connectivity index (χ1v) is 12.7. The molecular formula is C25H28N2O4S. The first kappa shape index (κ1) is 22.3. The summed E-state index contributed by atoms with van der Waals surface area (Å²) in [5, 5.41) is 4.03. The maximum absolute atomic E-state index is 13.4. The van der Waals surface area contributed by atoms with Gasteiger partial charge in [0.05, 0.1) is 11.5 Å². The Morgan fingerprint density at radius 2 is 1.78 bits per heavy atom. The minimum atomic E-state index is -3.14. The fraction of sp³-hybridized carbons (Fsp3) is 0.360. The van der Waals surface area contributed by atoms with Gasteiger partial charge in [-0.3, -0.25) is 4.79 Å². The van der Waals surface area contributed by atoms with Crippen molar-refractivity contribution in [2.24, 2.45) is 0 Å². The molecule has 3 aromatic rings. The van der Waals surface area contributed by atoms with Crippen LogP contribution in [0, 0.1) is 13.8 Å². The average Bonchev–Trinajstić information content (AvgIpc) is 3.40. The van der Waals surface area contributed by atoms with Gasteiger partial charge in [-0.25, -0.2) is 8.42 Å². The zero-order valence-corrected chi connectivity index (χ0v) is 19.5. The number of carbonyl (C=O) groups is 1. The molecule has 1 saturated heterocycles. The number of benzene rings is 2. The highest BCUT2D eigenvalue weighted by Gasteiger charge is 2.36. The maximum Gasteiger partial charge on any atom is 0.276 e. The Hall–Kier alpha value is -2.93. The molecule has 6 nitrogen and oxygen atoms in total. The zero-order valence-electron chi connectivity index (χ0n) is 18.7. The van der Waals surface area contributed by atoms with Gasteiger partial charge in [0.15, 0.2) is 21.3 Å². The van der Waals surface area contributed by atoms with Crippen LogP contribution in [-0.2, 0) is 22.8 Å². The van der Waals surface area contributed by atoms with Crippen molar-refractivity contribution >= 4 is 15.7 Å². The molecule has 1 unspecified atom stereocenters. The van der Waals surface area contributed by atoms with Crippen LogP contribution in [0.25, 0.3) is 11.3 Å². The van der Waals surface area contributed by atoms with E-state index in [1.54, 1.807) is 11.0 Å². The Labute approximate surface area is 189 Å².